The van der Waals surface area contributed by atoms with Crippen molar-refractivity contribution in [3.05, 3.63) is 12.7 Å². The number of aliphatic carboxylic acids is 1. The first kappa shape index (κ1) is 14.6. The van der Waals surface area contributed by atoms with Crippen LogP contribution in [0.2, 0.25) is 0 Å². The van der Waals surface area contributed by atoms with E-state index in [0.29, 0.717) is 25.8 Å². The Bertz CT molecular complexity index is 256. The van der Waals surface area contributed by atoms with E-state index in [1.54, 1.807) is 6.08 Å². The zero-order valence-electron chi connectivity index (χ0n) is 9.19. The van der Waals surface area contributed by atoms with Crippen molar-refractivity contribution in [2.45, 2.75) is 31.3 Å². The van der Waals surface area contributed by atoms with Gasteiger partial charge in [0.2, 0.25) is 5.91 Å². The van der Waals surface area contributed by atoms with Gasteiger partial charge in [-0.3, -0.25) is 9.59 Å². The molecule has 16 heavy (non-hydrogen) atoms. The molecule has 0 aromatic rings. The van der Waals surface area contributed by atoms with Crippen molar-refractivity contribution in [2.24, 2.45) is 11.5 Å². The number of nitrogens with two attached hydrogens (primary N) is 2. The average molecular weight is 229 g/mol. The Kier molecular flexibility index (Phi) is 7.15. The number of carbonyl (C=O) groups is 2. The van der Waals surface area contributed by atoms with Gasteiger partial charge in [-0.2, -0.15) is 0 Å². The highest BCUT2D eigenvalue weighted by Gasteiger charge is 2.15. The molecule has 0 fully saturated rings. The molecular formula is C10H19N3O3. The molecule has 0 aliphatic carbocycles. The molecule has 0 aliphatic heterocycles. The second-order valence-electron chi connectivity index (χ2n) is 3.52. The number of rotatable bonds is 8. The molecule has 0 bridgehead atoms. The fourth-order valence-corrected chi connectivity index (χ4v) is 1.12. The van der Waals surface area contributed by atoms with Crippen molar-refractivity contribution in [3.8, 4) is 0 Å². The molecule has 0 saturated heterocycles. The van der Waals surface area contributed by atoms with Crippen LogP contribution in [0.25, 0.3) is 0 Å². The van der Waals surface area contributed by atoms with Gasteiger partial charge in [0, 0.05) is 6.54 Å². The normalized spacial score (nSPS) is 13.9. The second kappa shape index (κ2) is 7.84. The standard InChI is InChI=1S/C10H19N3O3/c1-2-6-13-9(14)7(11)4-3-5-8(12)10(15)16/h2,7-8H,1,3-6,11-12H2,(H,13,14)(H,15,16)/t7?,8-/m0/s1. The predicted molar refractivity (Wildman–Crippen MR) is 60.6 cm³/mol. The molecule has 0 radical (unpaired) electrons. The zero-order valence-corrected chi connectivity index (χ0v) is 9.19. The van der Waals surface area contributed by atoms with Crippen LogP contribution < -0.4 is 16.8 Å². The Morgan fingerprint density at radius 3 is 2.38 bits per heavy atom. The first-order chi connectivity index (χ1) is 7.49. The van der Waals surface area contributed by atoms with Gasteiger partial charge >= 0.3 is 5.97 Å². The van der Waals surface area contributed by atoms with Crippen molar-refractivity contribution >= 4 is 11.9 Å². The molecule has 2 atom stereocenters. The molecular weight excluding hydrogens is 210 g/mol. The molecule has 0 aliphatic rings. The van der Waals surface area contributed by atoms with Crippen molar-refractivity contribution < 1.29 is 14.7 Å². The SMILES string of the molecule is C=CCNC(=O)C(N)CCC[C@H](N)C(=O)O. The summed E-state index contributed by atoms with van der Waals surface area (Å²) in [5.74, 6) is -1.30. The lowest BCUT2D eigenvalue weighted by molar-refractivity contribution is -0.138. The molecule has 0 aromatic heterocycles. The van der Waals surface area contributed by atoms with Crippen LogP contribution in [-0.2, 0) is 9.59 Å². The van der Waals surface area contributed by atoms with Gasteiger partial charge in [-0.05, 0) is 19.3 Å². The fourth-order valence-electron chi connectivity index (χ4n) is 1.12. The molecule has 6 nitrogen and oxygen atoms in total. The maximum Gasteiger partial charge on any atom is 0.320 e. The lowest BCUT2D eigenvalue weighted by Crippen LogP contribution is -2.41. The van der Waals surface area contributed by atoms with E-state index in [4.69, 9.17) is 16.6 Å². The minimum atomic E-state index is -1.04. The van der Waals surface area contributed by atoms with Crippen LogP contribution >= 0.6 is 0 Å². The topological polar surface area (TPSA) is 118 Å². The summed E-state index contributed by atoms with van der Waals surface area (Å²) in [6, 6.07) is -1.51. The number of hydrogen-bond acceptors (Lipinski definition) is 4. The van der Waals surface area contributed by atoms with E-state index in [0.717, 1.165) is 0 Å². The third kappa shape index (κ3) is 6.15. The van der Waals surface area contributed by atoms with Gasteiger partial charge in [-0.15, -0.1) is 6.58 Å². The van der Waals surface area contributed by atoms with Crippen LogP contribution in [0.3, 0.4) is 0 Å². The average Bonchev–Trinajstić information content (AvgIpc) is 2.25. The molecule has 0 heterocycles. The predicted octanol–water partition coefficient (Wildman–Crippen LogP) is -0.802. The second-order valence-corrected chi connectivity index (χ2v) is 3.52. The van der Waals surface area contributed by atoms with Crippen molar-refractivity contribution in [1.82, 2.24) is 5.32 Å². The smallest absolute Gasteiger partial charge is 0.320 e. The number of nitrogens with one attached hydrogen (secondary N) is 1. The molecule has 0 saturated carbocycles. The highest BCUT2D eigenvalue weighted by Crippen LogP contribution is 2.02. The minimum absolute atomic E-state index is 0.260. The molecule has 6 heteroatoms. The number of carboxylic acids is 1. The molecule has 1 amide bonds. The molecule has 0 spiro atoms. The van der Waals surface area contributed by atoms with Crippen LogP contribution in [0, 0.1) is 0 Å². The summed E-state index contributed by atoms with van der Waals surface area (Å²) < 4.78 is 0. The molecule has 92 valence electrons. The van der Waals surface area contributed by atoms with E-state index in [2.05, 4.69) is 11.9 Å². The Hall–Kier alpha value is -1.40. The zero-order chi connectivity index (χ0) is 12.6. The first-order valence-corrected chi connectivity index (χ1v) is 5.11. The maximum absolute atomic E-state index is 11.3. The lowest BCUT2D eigenvalue weighted by atomic mass is 10.1. The summed E-state index contributed by atoms with van der Waals surface area (Å²) in [7, 11) is 0. The van der Waals surface area contributed by atoms with Crippen LogP contribution in [0.4, 0.5) is 0 Å². The summed E-state index contributed by atoms with van der Waals surface area (Å²) in [5, 5.41) is 11.1. The summed E-state index contributed by atoms with van der Waals surface area (Å²) in [6.07, 6.45) is 2.81. The van der Waals surface area contributed by atoms with Crippen molar-refractivity contribution in [2.75, 3.05) is 6.54 Å². The first-order valence-electron chi connectivity index (χ1n) is 5.11. The van der Waals surface area contributed by atoms with Gasteiger partial charge in [0.1, 0.15) is 6.04 Å². The van der Waals surface area contributed by atoms with E-state index in [-0.39, 0.29) is 5.91 Å². The quantitative estimate of drug-likeness (QED) is 0.406. The van der Waals surface area contributed by atoms with Gasteiger partial charge in [-0.1, -0.05) is 6.08 Å². The van der Waals surface area contributed by atoms with E-state index in [1.165, 1.54) is 0 Å². The van der Waals surface area contributed by atoms with E-state index >= 15 is 0 Å². The van der Waals surface area contributed by atoms with Crippen LogP contribution in [0.1, 0.15) is 19.3 Å². The maximum atomic E-state index is 11.3. The van der Waals surface area contributed by atoms with Crippen LogP contribution in [0.5, 0.6) is 0 Å². The van der Waals surface area contributed by atoms with Gasteiger partial charge < -0.3 is 21.9 Å². The number of hydrogen-bond donors (Lipinski definition) is 4. The Morgan fingerprint density at radius 1 is 1.31 bits per heavy atom. The molecule has 1 unspecified atom stereocenters. The van der Waals surface area contributed by atoms with Gasteiger partial charge in [0.15, 0.2) is 0 Å². The third-order valence-electron chi connectivity index (χ3n) is 2.10. The highest BCUT2D eigenvalue weighted by atomic mass is 16.4. The number of carboxylic acid groups (broad SMARTS) is 1. The summed E-state index contributed by atoms with van der Waals surface area (Å²) in [5.41, 5.74) is 10.9. The summed E-state index contributed by atoms with van der Waals surface area (Å²) in [4.78, 5) is 21.7. The Morgan fingerprint density at radius 2 is 1.88 bits per heavy atom. The van der Waals surface area contributed by atoms with E-state index < -0.39 is 18.1 Å². The number of amides is 1. The van der Waals surface area contributed by atoms with Crippen molar-refractivity contribution in [1.29, 1.82) is 0 Å². The molecule has 0 aromatic carbocycles. The Labute approximate surface area is 94.7 Å². The largest absolute Gasteiger partial charge is 0.480 e. The fraction of sp³-hybridized carbons (Fsp3) is 0.600. The summed E-state index contributed by atoms with van der Waals surface area (Å²) >= 11 is 0. The highest BCUT2D eigenvalue weighted by molar-refractivity contribution is 5.81. The van der Waals surface area contributed by atoms with Crippen LogP contribution in [-0.4, -0.2) is 35.6 Å². The third-order valence-corrected chi connectivity index (χ3v) is 2.10. The minimum Gasteiger partial charge on any atom is -0.480 e. The number of carbonyl (C=O) groups excluding carboxylic acids is 1. The van der Waals surface area contributed by atoms with Crippen LogP contribution in [0.15, 0.2) is 12.7 Å². The van der Waals surface area contributed by atoms with Crippen molar-refractivity contribution in [3.63, 3.8) is 0 Å². The monoisotopic (exact) mass is 229 g/mol. The molecule has 0 rings (SSSR count). The van der Waals surface area contributed by atoms with Gasteiger partial charge in [-0.25, -0.2) is 0 Å². The van der Waals surface area contributed by atoms with Gasteiger partial charge in [0.05, 0.1) is 6.04 Å². The molecule has 6 N–H and O–H groups in total. The summed E-state index contributed by atoms with van der Waals surface area (Å²) in [6.45, 7) is 3.84. The Balaban J connectivity index is 3.72. The lowest BCUT2D eigenvalue weighted by Gasteiger charge is -2.12. The van der Waals surface area contributed by atoms with Gasteiger partial charge in [0.25, 0.3) is 0 Å². The van der Waals surface area contributed by atoms with E-state index in [1.807, 2.05) is 0 Å². The van der Waals surface area contributed by atoms with E-state index in [9.17, 15) is 9.59 Å².